The number of rotatable bonds is 4. The van der Waals surface area contributed by atoms with E-state index < -0.39 is 0 Å². The summed E-state index contributed by atoms with van der Waals surface area (Å²) in [5.74, 6) is 0.785. The Kier molecular flexibility index (Phi) is 4.64. The highest BCUT2D eigenvalue weighted by Gasteiger charge is 2.12. The second-order valence-electron chi connectivity index (χ2n) is 5.49. The molecule has 4 rings (SSSR count). The summed E-state index contributed by atoms with van der Waals surface area (Å²) >= 11 is 4.95. The summed E-state index contributed by atoms with van der Waals surface area (Å²) in [6, 6.07) is 15.3. The molecule has 2 aromatic carbocycles. The van der Waals surface area contributed by atoms with Crippen LogP contribution >= 0.6 is 27.3 Å². The van der Waals surface area contributed by atoms with Crippen LogP contribution in [0, 0.1) is 0 Å². The van der Waals surface area contributed by atoms with Gasteiger partial charge in [-0.05, 0) is 23.8 Å². The third-order valence-electron chi connectivity index (χ3n) is 3.82. The molecule has 26 heavy (non-hydrogen) atoms. The van der Waals surface area contributed by atoms with Crippen LogP contribution in [0.25, 0.3) is 21.3 Å². The summed E-state index contributed by atoms with van der Waals surface area (Å²) in [5, 5.41) is 17.1. The van der Waals surface area contributed by atoms with Gasteiger partial charge in [-0.1, -0.05) is 46.3 Å². The number of phenols is 1. The van der Waals surface area contributed by atoms with Gasteiger partial charge in [-0.2, -0.15) is 5.10 Å². The molecule has 0 bridgehead atoms. The first kappa shape index (κ1) is 16.7. The molecule has 0 saturated carbocycles. The first-order valence-corrected chi connectivity index (χ1v) is 9.45. The fourth-order valence-corrected chi connectivity index (χ4v) is 3.88. The minimum absolute atomic E-state index is 0.159. The highest BCUT2D eigenvalue weighted by Crippen LogP contribution is 2.36. The van der Waals surface area contributed by atoms with Crippen molar-refractivity contribution in [3.05, 3.63) is 70.3 Å². The third-order valence-corrected chi connectivity index (χ3v) is 5.20. The van der Waals surface area contributed by atoms with Crippen molar-refractivity contribution in [3.8, 4) is 16.9 Å². The maximum atomic E-state index is 9.90. The maximum absolute atomic E-state index is 9.90. The fourth-order valence-electron chi connectivity index (χ4n) is 2.58. The lowest BCUT2D eigenvalue weighted by Crippen LogP contribution is -1.95. The molecule has 0 unspecified atom stereocenters. The van der Waals surface area contributed by atoms with Gasteiger partial charge in [0.25, 0.3) is 0 Å². The van der Waals surface area contributed by atoms with E-state index in [2.05, 4.69) is 53.9 Å². The number of hydrazone groups is 1. The molecule has 0 aliphatic heterocycles. The highest BCUT2D eigenvalue weighted by molar-refractivity contribution is 9.10. The number of aromatic hydroxyl groups is 1. The van der Waals surface area contributed by atoms with Crippen LogP contribution < -0.4 is 5.43 Å². The zero-order chi connectivity index (χ0) is 17.9. The van der Waals surface area contributed by atoms with Gasteiger partial charge >= 0.3 is 0 Å². The van der Waals surface area contributed by atoms with E-state index in [1.165, 1.54) is 6.33 Å². The van der Waals surface area contributed by atoms with Crippen molar-refractivity contribution in [2.75, 3.05) is 5.43 Å². The van der Waals surface area contributed by atoms with Crippen molar-refractivity contribution in [2.45, 2.75) is 0 Å². The number of nitrogens with zero attached hydrogens (tertiary/aromatic N) is 3. The SMILES string of the molecule is Oc1ccc(Br)cc1C=NNc1ncnc2scc(-c3ccccc3)c12. The van der Waals surface area contributed by atoms with Crippen LogP contribution in [0.3, 0.4) is 0 Å². The van der Waals surface area contributed by atoms with Crippen molar-refractivity contribution in [3.63, 3.8) is 0 Å². The monoisotopic (exact) mass is 424 g/mol. The summed E-state index contributed by atoms with van der Waals surface area (Å²) in [7, 11) is 0. The summed E-state index contributed by atoms with van der Waals surface area (Å²) in [5.41, 5.74) is 5.75. The normalized spacial score (nSPS) is 11.3. The van der Waals surface area contributed by atoms with E-state index in [1.807, 2.05) is 18.2 Å². The molecule has 2 heterocycles. The zero-order valence-corrected chi connectivity index (χ0v) is 15.8. The third kappa shape index (κ3) is 3.31. The molecule has 4 aromatic rings. The van der Waals surface area contributed by atoms with Crippen molar-refractivity contribution < 1.29 is 5.11 Å². The molecule has 0 aliphatic carbocycles. The van der Waals surface area contributed by atoms with E-state index in [0.717, 1.165) is 25.8 Å². The van der Waals surface area contributed by atoms with Crippen molar-refractivity contribution >= 4 is 49.5 Å². The minimum Gasteiger partial charge on any atom is -0.507 e. The Bertz CT molecular complexity index is 1100. The standard InChI is InChI=1S/C19H13BrN4OS/c20-14-6-7-16(25)13(8-14)9-23-24-18-17-15(12-4-2-1-3-5-12)10-26-19(17)22-11-21-18/h1-11,25H,(H,21,22,24). The molecular weight excluding hydrogens is 412 g/mol. The molecule has 0 spiro atoms. The molecule has 0 atom stereocenters. The van der Waals surface area contributed by atoms with Crippen molar-refractivity contribution in [1.82, 2.24) is 9.97 Å². The van der Waals surface area contributed by atoms with Gasteiger partial charge < -0.3 is 5.11 Å². The van der Waals surface area contributed by atoms with Crippen LogP contribution in [-0.2, 0) is 0 Å². The van der Waals surface area contributed by atoms with Crippen molar-refractivity contribution in [1.29, 1.82) is 0 Å². The quantitative estimate of drug-likeness (QED) is 0.345. The second kappa shape index (κ2) is 7.23. The van der Waals surface area contributed by atoms with Gasteiger partial charge in [0, 0.05) is 21.0 Å². The number of benzene rings is 2. The largest absolute Gasteiger partial charge is 0.507 e. The first-order valence-electron chi connectivity index (χ1n) is 7.77. The summed E-state index contributed by atoms with van der Waals surface area (Å²) in [6.45, 7) is 0. The average Bonchev–Trinajstić information content (AvgIpc) is 3.10. The Morgan fingerprint density at radius 1 is 1.12 bits per heavy atom. The summed E-state index contributed by atoms with van der Waals surface area (Å²) < 4.78 is 0.866. The number of nitrogens with one attached hydrogen (secondary N) is 1. The highest BCUT2D eigenvalue weighted by atomic mass is 79.9. The van der Waals surface area contributed by atoms with E-state index in [4.69, 9.17) is 0 Å². The molecule has 2 aromatic heterocycles. The van der Waals surface area contributed by atoms with Gasteiger partial charge in [-0.25, -0.2) is 9.97 Å². The lowest BCUT2D eigenvalue weighted by atomic mass is 10.1. The van der Waals surface area contributed by atoms with Gasteiger partial charge in [0.05, 0.1) is 11.6 Å². The van der Waals surface area contributed by atoms with E-state index in [-0.39, 0.29) is 5.75 Å². The molecule has 128 valence electrons. The Morgan fingerprint density at radius 3 is 2.81 bits per heavy atom. The van der Waals surface area contributed by atoms with Crippen LogP contribution in [-0.4, -0.2) is 21.3 Å². The Balaban J connectivity index is 1.70. The number of thiophene rings is 1. The fraction of sp³-hybridized carbons (Fsp3) is 0. The molecule has 0 amide bonds. The van der Waals surface area contributed by atoms with Crippen molar-refractivity contribution in [2.24, 2.45) is 5.10 Å². The molecule has 0 radical (unpaired) electrons. The molecular formula is C19H13BrN4OS. The van der Waals surface area contributed by atoms with Gasteiger partial charge in [0.1, 0.15) is 16.9 Å². The Hall–Kier alpha value is -2.77. The number of fused-ring (bicyclic) bond motifs is 1. The summed E-state index contributed by atoms with van der Waals surface area (Å²) in [4.78, 5) is 9.58. The Labute approximate surface area is 162 Å². The summed E-state index contributed by atoms with van der Waals surface area (Å²) in [6.07, 6.45) is 3.07. The van der Waals surface area contributed by atoms with E-state index in [1.54, 1.807) is 35.8 Å². The Morgan fingerprint density at radius 2 is 1.96 bits per heavy atom. The zero-order valence-electron chi connectivity index (χ0n) is 13.4. The van der Waals surface area contributed by atoms with Gasteiger partial charge in [-0.3, -0.25) is 5.43 Å². The van der Waals surface area contributed by atoms with E-state index in [9.17, 15) is 5.11 Å². The van der Waals surface area contributed by atoms with Gasteiger partial charge in [0.2, 0.25) is 0 Å². The number of aromatic nitrogens is 2. The molecule has 0 saturated heterocycles. The van der Waals surface area contributed by atoms with Crippen LogP contribution in [0.2, 0.25) is 0 Å². The van der Waals surface area contributed by atoms with Crippen LogP contribution in [0.5, 0.6) is 5.75 Å². The molecule has 7 heteroatoms. The van der Waals surface area contributed by atoms with E-state index >= 15 is 0 Å². The van der Waals surface area contributed by atoms with Gasteiger partial charge in [0.15, 0.2) is 5.82 Å². The number of anilines is 1. The van der Waals surface area contributed by atoms with Crippen LogP contribution in [0.15, 0.2) is 69.8 Å². The van der Waals surface area contributed by atoms with Crippen LogP contribution in [0.4, 0.5) is 5.82 Å². The lowest BCUT2D eigenvalue weighted by molar-refractivity contribution is 0.474. The van der Waals surface area contributed by atoms with Crippen LogP contribution in [0.1, 0.15) is 5.56 Å². The minimum atomic E-state index is 0.159. The topological polar surface area (TPSA) is 70.4 Å². The molecule has 0 fully saturated rings. The predicted molar refractivity (Wildman–Crippen MR) is 110 cm³/mol. The molecule has 0 aliphatic rings. The average molecular weight is 425 g/mol. The second-order valence-corrected chi connectivity index (χ2v) is 7.26. The number of hydrogen-bond donors (Lipinski definition) is 2. The number of phenolic OH excluding ortho intramolecular Hbond substituents is 1. The lowest BCUT2D eigenvalue weighted by Gasteiger charge is -2.05. The molecule has 5 nitrogen and oxygen atoms in total. The molecule has 2 N–H and O–H groups in total. The van der Waals surface area contributed by atoms with Gasteiger partial charge in [-0.15, -0.1) is 11.3 Å². The maximum Gasteiger partial charge on any atom is 0.159 e. The first-order chi connectivity index (χ1) is 12.7. The number of hydrogen-bond acceptors (Lipinski definition) is 6. The predicted octanol–water partition coefficient (Wildman–Crippen LogP) is 5.27. The van der Waals surface area contributed by atoms with E-state index in [0.29, 0.717) is 11.4 Å². The number of halogens is 1. The smallest absolute Gasteiger partial charge is 0.159 e.